The Morgan fingerprint density at radius 2 is 1.70 bits per heavy atom. The van der Waals surface area contributed by atoms with Crippen LogP contribution in [0.1, 0.15) is 57.8 Å². The highest BCUT2D eigenvalue weighted by molar-refractivity contribution is 5.76. The van der Waals surface area contributed by atoms with Crippen LogP contribution in [0.25, 0.3) is 0 Å². The van der Waals surface area contributed by atoms with E-state index in [0.29, 0.717) is 44.9 Å². The number of aliphatic hydroxyl groups excluding tert-OH is 3. The molecule has 0 aromatic carbocycles. The van der Waals surface area contributed by atoms with Gasteiger partial charge in [0.05, 0.1) is 37.9 Å². The predicted molar refractivity (Wildman–Crippen MR) is 174 cm³/mol. The summed E-state index contributed by atoms with van der Waals surface area (Å²) in [6.07, 6.45) is 7.25. The van der Waals surface area contributed by atoms with Gasteiger partial charge in [-0.3, -0.25) is 20.3 Å². The van der Waals surface area contributed by atoms with Crippen LogP contribution in [0.15, 0.2) is 0 Å². The number of methoxy groups -OCH3 is 1. The summed E-state index contributed by atoms with van der Waals surface area (Å²) in [5.41, 5.74) is -0.939. The molecular formula is C34H62FN5O6. The Hall–Kier alpha value is -0.960. The molecule has 5 fully saturated rings. The molecule has 2 saturated carbocycles. The number of hydrogen-bond donors (Lipinski definition) is 6. The number of carbonyl (C=O) groups excluding carboxylic acids is 1. The number of halogens is 1. The molecule has 3 heterocycles. The number of alkyl halides is 1. The van der Waals surface area contributed by atoms with Crippen LogP contribution >= 0.6 is 0 Å². The lowest BCUT2D eigenvalue weighted by atomic mass is 9.83. The number of ether oxygens (including phenoxy) is 2. The maximum absolute atomic E-state index is 15.2. The van der Waals surface area contributed by atoms with Crippen molar-refractivity contribution in [3.05, 3.63) is 0 Å². The number of carbonyl (C=O) groups is 1. The fraction of sp³-hybridized carbons (Fsp3) is 0.971. The van der Waals surface area contributed by atoms with Gasteiger partial charge in [-0.2, -0.15) is 0 Å². The summed E-state index contributed by atoms with van der Waals surface area (Å²) in [6.45, 7) is 7.20. The first-order valence-corrected chi connectivity index (χ1v) is 18.1. The van der Waals surface area contributed by atoms with Gasteiger partial charge in [0.25, 0.3) is 0 Å². The van der Waals surface area contributed by atoms with Crippen molar-refractivity contribution < 1.29 is 34.0 Å². The monoisotopic (exact) mass is 655 g/mol. The molecule has 6 atom stereocenters. The predicted octanol–water partition coefficient (Wildman–Crippen LogP) is 0.779. The lowest BCUT2D eigenvalue weighted by Gasteiger charge is -2.42. The van der Waals surface area contributed by atoms with Crippen molar-refractivity contribution in [3.8, 4) is 0 Å². The fourth-order valence-corrected chi connectivity index (χ4v) is 8.45. The molecule has 11 nitrogen and oxygen atoms in total. The van der Waals surface area contributed by atoms with Gasteiger partial charge in [-0.15, -0.1) is 0 Å². The van der Waals surface area contributed by atoms with Crippen molar-refractivity contribution in [3.63, 3.8) is 0 Å². The number of hydrogen-bond acceptors (Lipinski definition) is 10. The first kappa shape index (κ1) is 36.3. The highest BCUT2D eigenvalue weighted by Crippen LogP contribution is 2.50. The van der Waals surface area contributed by atoms with Gasteiger partial charge in [0.1, 0.15) is 12.5 Å². The zero-order valence-electron chi connectivity index (χ0n) is 28.1. The minimum atomic E-state index is -0.996. The van der Waals surface area contributed by atoms with Gasteiger partial charge in [-0.1, -0.05) is 0 Å². The summed E-state index contributed by atoms with van der Waals surface area (Å²) in [5.74, 6) is 3.03. The Kier molecular flexibility index (Phi) is 13.9. The minimum Gasteiger partial charge on any atom is -0.396 e. The molecule has 0 aromatic rings. The number of amides is 1. The van der Waals surface area contributed by atoms with Crippen LogP contribution in [0.4, 0.5) is 4.39 Å². The first-order chi connectivity index (χ1) is 22.4. The smallest absolute Gasteiger partial charge is 0.222 e. The van der Waals surface area contributed by atoms with Crippen molar-refractivity contribution in [2.45, 2.75) is 76.4 Å². The molecular weight excluding hydrogens is 593 g/mol. The van der Waals surface area contributed by atoms with E-state index in [2.05, 4.69) is 20.9 Å². The summed E-state index contributed by atoms with van der Waals surface area (Å²) in [5, 5.41) is 39.0. The molecule has 0 aromatic heterocycles. The van der Waals surface area contributed by atoms with Crippen LogP contribution in [-0.2, 0) is 14.3 Å². The number of likely N-dealkylation sites (tertiary alicyclic amines) is 2. The van der Waals surface area contributed by atoms with E-state index >= 15 is 4.39 Å². The normalized spacial score (nSPS) is 34.7. The molecule has 0 bridgehead atoms. The van der Waals surface area contributed by atoms with E-state index in [-0.39, 0.29) is 56.4 Å². The van der Waals surface area contributed by atoms with Crippen molar-refractivity contribution >= 4 is 5.91 Å². The van der Waals surface area contributed by atoms with Crippen LogP contribution in [0.5, 0.6) is 0 Å². The van der Waals surface area contributed by atoms with Crippen LogP contribution in [0.3, 0.4) is 0 Å². The molecule has 266 valence electrons. The van der Waals surface area contributed by atoms with Gasteiger partial charge in [-0.25, -0.2) is 4.39 Å². The van der Waals surface area contributed by atoms with Gasteiger partial charge in [-0.05, 0) is 81.1 Å². The lowest BCUT2D eigenvalue weighted by Crippen LogP contribution is -2.62. The summed E-state index contributed by atoms with van der Waals surface area (Å²) in [4.78, 5) is 17.4. The van der Waals surface area contributed by atoms with Gasteiger partial charge in [0, 0.05) is 78.3 Å². The van der Waals surface area contributed by atoms with Crippen molar-refractivity contribution in [2.24, 2.45) is 40.9 Å². The zero-order chi connectivity index (χ0) is 32.5. The molecule has 0 radical (unpaired) electrons. The third-order valence-electron chi connectivity index (χ3n) is 11.8. The van der Waals surface area contributed by atoms with E-state index in [1.807, 2.05) is 4.90 Å². The number of piperidine rings is 1. The maximum Gasteiger partial charge on any atom is 0.222 e. The molecule has 12 heteroatoms. The van der Waals surface area contributed by atoms with E-state index in [9.17, 15) is 20.1 Å². The van der Waals surface area contributed by atoms with Gasteiger partial charge in [0.15, 0.2) is 0 Å². The lowest BCUT2D eigenvalue weighted by molar-refractivity contribution is -0.132. The van der Waals surface area contributed by atoms with Crippen LogP contribution in [-0.4, -0.2) is 142 Å². The average Bonchev–Trinajstić information content (AvgIpc) is 3.70. The van der Waals surface area contributed by atoms with E-state index in [0.717, 1.165) is 76.4 Å². The Morgan fingerprint density at radius 3 is 2.37 bits per heavy atom. The quantitative estimate of drug-likeness (QED) is 0.133. The fourth-order valence-electron chi connectivity index (χ4n) is 8.45. The van der Waals surface area contributed by atoms with Gasteiger partial charge >= 0.3 is 0 Å². The SMILES string of the molecule is COCC1CNC(N2CCC([C@H]3C[C@H]3CCOC3CCC(CC(=O)N4CC[C@@H](CNCC(CO)(CO)CO)C4)C(F)C3)CC2)NC1. The molecule has 3 unspecified atom stereocenters. The molecule has 2 aliphatic carbocycles. The topological polar surface area (TPSA) is 139 Å². The first-order valence-electron chi connectivity index (χ1n) is 18.1. The van der Waals surface area contributed by atoms with E-state index in [1.54, 1.807) is 7.11 Å². The highest BCUT2D eigenvalue weighted by atomic mass is 19.1. The van der Waals surface area contributed by atoms with E-state index in [1.165, 1.54) is 19.3 Å². The maximum atomic E-state index is 15.2. The molecule has 5 rings (SSSR count). The molecule has 0 spiro atoms. The molecule has 6 N–H and O–H groups in total. The van der Waals surface area contributed by atoms with Crippen LogP contribution < -0.4 is 16.0 Å². The number of nitrogens with one attached hydrogen (secondary N) is 3. The molecule has 3 saturated heterocycles. The Labute approximate surface area is 275 Å². The largest absolute Gasteiger partial charge is 0.396 e. The van der Waals surface area contributed by atoms with E-state index in [4.69, 9.17) is 9.47 Å². The standard InChI is InChI=1S/C34H62FN5O6/c1-45-19-25-16-37-33(38-17-25)39-9-5-26(6-10-39)30-12-27(30)7-11-46-29-3-2-28(31(35)14-29)13-32(44)40-8-4-24(18-40)15-36-20-34(21-41,22-42)23-43/h24-31,33,36-38,41-43H,2-23H2,1H3/t24-,25?,27+,28?,29?,30+,31?,33?/m0/s1. The third-order valence-corrected chi connectivity index (χ3v) is 11.8. The van der Waals surface area contributed by atoms with Crippen molar-refractivity contribution in [2.75, 3.05) is 92.5 Å². The van der Waals surface area contributed by atoms with Crippen molar-refractivity contribution in [1.82, 2.24) is 25.8 Å². The second-order valence-corrected chi connectivity index (χ2v) is 15.2. The number of nitrogens with zero attached hydrogens (tertiary/aromatic N) is 2. The molecule has 5 aliphatic rings. The number of rotatable bonds is 17. The Morgan fingerprint density at radius 1 is 0.957 bits per heavy atom. The van der Waals surface area contributed by atoms with Crippen LogP contribution in [0, 0.1) is 40.9 Å². The summed E-state index contributed by atoms with van der Waals surface area (Å²) < 4.78 is 26.7. The van der Waals surface area contributed by atoms with Crippen molar-refractivity contribution in [1.29, 1.82) is 0 Å². The average molecular weight is 656 g/mol. The number of aliphatic hydroxyl groups is 3. The zero-order valence-corrected chi connectivity index (χ0v) is 28.1. The van der Waals surface area contributed by atoms with Gasteiger partial charge in [0.2, 0.25) is 5.91 Å². The third kappa shape index (κ3) is 9.81. The second kappa shape index (κ2) is 17.6. The van der Waals surface area contributed by atoms with Gasteiger partial charge < -0.3 is 35.0 Å². The van der Waals surface area contributed by atoms with E-state index < -0.39 is 11.6 Å². The minimum absolute atomic E-state index is 0.0353. The van der Waals surface area contributed by atoms with Crippen LogP contribution in [0.2, 0.25) is 0 Å². The Balaban J connectivity index is 0.907. The second-order valence-electron chi connectivity index (χ2n) is 15.2. The summed E-state index contributed by atoms with van der Waals surface area (Å²) in [6, 6.07) is 0. The summed E-state index contributed by atoms with van der Waals surface area (Å²) in [7, 11) is 1.77. The summed E-state index contributed by atoms with van der Waals surface area (Å²) >= 11 is 0. The Bertz CT molecular complexity index is 908. The molecule has 3 aliphatic heterocycles. The molecule has 1 amide bonds. The molecule has 46 heavy (non-hydrogen) atoms. The highest BCUT2D eigenvalue weighted by Gasteiger charge is 2.44.